The highest BCUT2D eigenvalue weighted by atomic mass is 32.2. The third-order valence-corrected chi connectivity index (χ3v) is 5.92. The summed E-state index contributed by atoms with van der Waals surface area (Å²) in [5.74, 6) is 0.296. The first-order valence-corrected chi connectivity index (χ1v) is 10.5. The molecule has 4 rings (SSSR count). The van der Waals surface area contributed by atoms with Gasteiger partial charge in [-0.3, -0.25) is 9.59 Å². The number of carbonyl (C=O) groups excluding carboxylic acids is 1. The van der Waals surface area contributed by atoms with E-state index in [-0.39, 0.29) is 17.2 Å². The van der Waals surface area contributed by atoms with Gasteiger partial charge in [0.2, 0.25) is 0 Å². The van der Waals surface area contributed by atoms with Gasteiger partial charge in [-0.2, -0.15) is 5.10 Å². The number of rotatable bonds is 6. The molecule has 0 aliphatic heterocycles. The Hall–Kier alpha value is -3.17. The summed E-state index contributed by atoms with van der Waals surface area (Å²) in [6.45, 7) is 1.98. The third kappa shape index (κ3) is 4.30. The molecule has 0 spiro atoms. The molecule has 0 saturated heterocycles. The number of carbonyl (C=O) groups is 1. The highest BCUT2D eigenvalue weighted by Crippen LogP contribution is 2.35. The highest BCUT2D eigenvalue weighted by Gasteiger charge is 2.17. The molecule has 0 aliphatic rings. The Morgan fingerprint density at radius 3 is 2.90 bits per heavy atom. The first-order chi connectivity index (χ1) is 14.1. The minimum atomic E-state index is -0.312. The van der Waals surface area contributed by atoms with Crippen molar-refractivity contribution in [3.05, 3.63) is 69.7 Å². The number of nitrogens with zero attached hydrogens (tertiary/aromatic N) is 2. The van der Waals surface area contributed by atoms with Crippen molar-refractivity contribution in [2.45, 2.75) is 12.1 Å². The minimum absolute atomic E-state index is 0.0693. The van der Waals surface area contributed by atoms with Gasteiger partial charge in [-0.15, -0.1) is 11.3 Å². The number of hydrogen-bond acceptors (Lipinski definition) is 7. The Morgan fingerprint density at radius 2 is 2.14 bits per heavy atom. The van der Waals surface area contributed by atoms with Crippen LogP contribution >= 0.6 is 23.1 Å². The molecule has 0 fully saturated rings. The number of aryl methyl sites for hydroxylation is 1. The van der Waals surface area contributed by atoms with Gasteiger partial charge in [0.15, 0.2) is 5.16 Å². The lowest BCUT2D eigenvalue weighted by Gasteiger charge is -2.02. The number of furan rings is 1. The number of amides is 1. The first kappa shape index (κ1) is 19.2. The average Bonchev–Trinajstić information content (AvgIpc) is 3.34. The SMILES string of the molecule is Cc1sc2nc(SCC(=O)N/N=C/c3ccco3)[nH]c(=O)c2c1-c1ccccc1. The Kier molecular flexibility index (Phi) is 5.59. The summed E-state index contributed by atoms with van der Waals surface area (Å²) in [4.78, 5) is 33.6. The van der Waals surface area contributed by atoms with Crippen LogP contribution < -0.4 is 11.0 Å². The van der Waals surface area contributed by atoms with Crippen LogP contribution in [0.25, 0.3) is 21.3 Å². The van der Waals surface area contributed by atoms with Crippen LogP contribution in [0.4, 0.5) is 0 Å². The number of thiophene rings is 1. The molecule has 0 atom stereocenters. The lowest BCUT2D eigenvalue weighted by molar-refractivity contribution is -0.118. The summed E-state index contributed by atoms with van der Waals surface area (Å²) in [6, 6.07) is 13.2. The normalized spacial score (nSPS) is 11.3. The van der Waals surface area contributed by atoms with Gasteiger partial charge in [-0.05, 0) is 24.6 Å². The molecule has 9 heteroatoms. The summed E-state index contributed by atoms with van der Waals surface area (Å²) in [5, 5.41) is 4.80. The topological polar surface area (TPSA) is 100 Å². The van der Waals surface area contributed by atoms with Gasteiger partial charge in [0.1, 0.15) is 10.6 Å². The number of benzene rings is 1. The van der Waals surface area contributed by atoms with Gasteiger partial charge in [0.25, 0.3) is 11.5 Å². The number of H-pyrrole nitrogens is 1. The predicted molar refractivity (Wildman–Crippen MR) is 116 cm³/mol. The maximum Gasteiger partial charge on any atom is 0.260 e. The largest absolute Gasteiger partial charge is 0.463 e. The van der Waals surface area contributed by atoms with Crippen molar-refractivity contribution in [1.82, 2.24) is 15.4 Å². The fourth-order valence-electron chi connectivity index (χ4n) is 2.82. The number of aromatic amines is 1. The predicted octanol–water partition coefficient (Wildman–Crippen LogP) is 3.80. The van der Waals surface area contributed by atoms with E-state index in [1.54, 1.807) is 12.1 Å². The molecule has 1 aromatic carbocycles. The van der Waals surface area contributed by atoms with E-state index in [4.69, 9.17) is 4.42 Å². The van der Waals surface area contributed by atoms with Gasteiger partial charge < -0.3 is 9.40 Å². The average molecular weight is 425 g/mol. The molecule has 146 valence electrons. The second kappa shape index (κ2) is 8.46. The number of aromatic nitrogens is 2. The number of nitrogens with one attached hydrogen (secondary N) is 2. The smallest absolute Gasteiger partial charge is 0.260 e. The summed E-state index contributed by atoms with van der Waals surface area (Å²) in [5.41, 5.74) is 4.09. The molecule has 1 amide bonds. The Labute approximate surface area is 173 Å². The lowest BCUT2D eigenvalue weighted by Crippen LogP contribution is -2.20. The summed E-state index contributed by atoms with van der Waals surface area (Å²) in [6.07, 6.45) is 2.93. The van der Waals surface area contributed by atoms with E-state index in [9.17, 15) is 9.59 Å². The Balaban J connectivity index is 1.49. The molecule has 0 bridgehead atoms. The Morgan fingerprint density at radius 1 is 1.31 bits per heavy atom. The van der Waals surface area contributed by atoms with Crippen LogP contribution in [0.15, 0.2) is 68.2 Å². The standard InChI is InChI=1S/C20H16N4O3S2/c1-12-16(13-6-3-2-4-7-13)17-18(26)22-20(23-19(17)29-12)28-11-15(25)24-21-10-14-8-5-9-27-14/h2-10H,11H2,1H3,(H,24,25)(H,22,23,26)/b21-10+. The van der Waals surface area contributed by atoms with Crippen LogP contribution in [0.2, 0.25) is 0 Å². The molecule has 0 saturated carbocycles. The molecule has 4 aromatic rings. The van der Waals surface area contributed by atoms with Crippen LogP contribution in [0.1, 0.15) is 10.6 Å². The summed E-state index contributed by atoms with van der Waals surface area (Å²) in [7, 11) is 0. The molecule has 7 nitrogen and oxygen atoms in total. The Bertz CT molecular complexity index is 1230. The molecule has 29 heavy (non-hydrogen) atoms. The fraction of sp³-hybridized carbons (Fsp3) is 0.100. The van der Waals surface area contributed by atoms with Gasteiger partial charge in [0.05, 0.1) is 23.6 Å². The molecule has 0 radical (unpaired) electrons. The molecule has 3 aromatic heterocycles. The van der Waals surface area contributed by atoms with E-state index in [0.717, 1.165) is 27.8 Å². The van der Waals surface area contributed by atoms with E-state index in [1.165, 1.54) is 23.8 Å². The van der Waals surface area contributed by atoms with Crippen molar-refractivity contribution in [2.24, 2.45) is 5.10 Å². The van der Waals surface area contributed by atoms with E-state index in [0.29, 0.717) is 21.1 Å². The third-order valence-electron chi connectivity index (χ3n) is 4.04. The van der Waals surface area contributed by atoms with Crippen molar-refractivity contribution < 1.29 is 9.21 Å². The summed E-state index contributed by atoms with van der Waals surface area (Å²) < 4.78 is 5.09. The van der Waals surface area contributed by atoms with Crippen LogP contribution in [0.3, 0.4) is 0 Å². The second-order valence-corrected chi connectivity index (χ2v) is 8.22. The molecule has 3 heterocycles. The zero-order valence-electron chi connectivity index (χ0n) is 15.3. The number of thioether (sulfide) groups is 1. The minimum Gasteiger partial charge on any atom is -0.463 e. The number of fused-ring (bicyclic) bond motifs is 1. The molecular weight excluding hydrogens is 408 g/mol. The molecule has 0 aliphatic carbocycles. The number of hydrogen-bond donors (Lipinski definition) is 2. The first-order valence-electron chi connectivity index (χ1n) is 8.69. The van der Waals surface area contributed by atoms with Gasteiger partial charge in [0, 0.05) is 10.4 Å². The monoisotopic (exact) mass is 424 g/mol. The van der Waals surface area contributed by atoms with E-state index in [1.807, 2.05) is 37.3 Å². The highest BCUT2D eigenvalue weighted by molar-refractivity contribution is 7.99. The van der Waals surface area contributed by atoms with E-state index < -0.39 is 0 Å². The maximum atomic E-state index is 12.7. The quantitative estimate of drug-likeness (QED) is 0.212. The zero-order valence-corrected chi connectivity index (χ0v) is 17.0. The van der Waals surface area contributed by atoms with Gasteiger partial charge >= 0.3 is 0 Å². The van der Waals surface area contributed by atoms with Crippen LogP contribution in [0.5, 0.6) is 0 Å². The van der Waals surface area contributed by atoms with Crippen molar-refractivity contribution in [1.29, 1.82) is 0 Å². The van der Waals surface area contributed by atoms with Crippen molar-refractivity contribution in [2.75, 3.05) is 5.75 Å². The van der Waals surface area contributed by atoms with E-state index >= 15 is 0 Å². The van der Waals surface area contributed by atoms with Crippen LogP contribution in [-0.2, 0) is 4.79 Å². The lowest BCUT2D eigenvalue weighted by atomic mass is 10.0. The molecule has 0 unspecified atom stereocenters. The van der Waals surface area contributed by atoms with Crippen LogP contribution in [-0.4, -0.2) is 27.8 Å². The van der Waals surface area contributed by atoms with Gasteiger partial charge in [-0.1, -0.05) is 42.1 Å². The van der Waals surface area contributed by atoms with Crippen molar-refractivity contribution in [3.8, 4) is 11.1 Å². The number of hydrazone groups is 1. The van der Waals surface area contributed by atoms with Crippen molar-refractivity contribution in [3.63, 3.8) is 0 Å². The van der Waals surface area contributed by atoms with Gasteiger partial charge in [-0.25, -0.2) is 10.4 Å². The van der Waals surface area contributed by atoms with Crippen molar-refractivity contribution >= 4 is 45.4 Å². The summed E-state index contributed by atoms with van der Waals surface area (Å²) >= 11 is 2.62. The zero-order chi connectivity index (χ0) is 20.2. The fourth-order valence-corrected chi connectivity index (χ4v) is 4.58. The van der Waals surface area contributed by atoms with Crippen LogP contribution in [0, 0.1) is 6.92 Å². The van der Waals surface area contributed by atoms with E-state index in [2.05, 4.69) is 20.5 Å². The maximum absolute atomic E-state index is 12.7. The molecule has 2 N–H and O–H groups in total. The second-order valence-electron chi connectivity index (χ2n) is 6.05. The molecular formula is C20H16N4O3S2.